The van der Waals surface area contributed by atoms with Crippen molar-refractivity contribution in [3.05, 3.63) is 0 Å². The zero-order chi connectivity index (χ0) is 13.7. The topological polar surface area (TPSA) is 44.8 Å². The molecule has 2 rings (SSSR count). The average molecular weight is 269 g/mol. The number of hydrogen-bond acceptors (Lipinski definition) is 4. The van der Waals surface area contributed by atoms with Gasteiger partial charge in [-0.05, 0) is 25.8 Å². The summed E-state index contributed by atoms with van der Waals surface area (Å²) in [6.45, 7) is 7.34. The van der Waals surface area contributed by atoms with Gasteiger partial charge in [0.2, 0.25) is 5.91 Å². The summed E-state index contributed by atoms with van der Waals surface area (Å²) < 4.78 is 4.98. The van der Waals surface area contributed by atoms with Gasteiger partial charge in [0.1, 0.15) is 0 Å². The van der Waals surface area contributed by atoms with E-state index in [-0.39, 0.29) is 5.91 Å². The molecule has 0 unspecified atom stereocenters. The van der Waals surface area contributed by atoms with Crippen LogP contribution < -0.4 is 5.32 Å². The first-order valence-electron chi connectivity index (χ1n) is 7.49. The van der Waals surface area contributed by atoms with Crippen LogP contribution in [0.15, 0.2) is 0 Å². The molecule has 2 aliphatic heterocycles. The molecule has 2 saturated heterocycles. The van der Waals surface area contributed by atoms with Crippen LogP contribution >= 0.6 is 0 Å². The van der Waals surface area contributed by atoms with E-state index in [0.717, 1.165) is 32.6 Å². The molecule has 19 heavy (non-hydrogen) atoms. The lowest BCUT2D eigenvalue weighted by molar-refractivity contribution is -0.132. The van der Waals surface area contributed by atoms with Crippen LogP contribution in [0.4, 0.5) is 0 Å². The second-order valence-electron chi connectivity index (χ2n) is 5.54. The van der Waals surface area contributed by atoms with Crippen LogP contribution in [0.2, 0.25) is 0 Å². The van der Waals surface area contributed by atoms with Crippen LogP contribution in [0.3, 0.4) is 0 Å². The normalized spacial score (nSPS) is 27.6. The van der Waals surface area contributed by atoms with Crippen molar-refractivity contribution < 1.29 is 9.53 Å². The largest absolute Gasteiger partial charge is 0.383 e. The summed E-state index contributed by atoms with van der Waals surface area (Å²) in [6.07, 6.45) is 3.49. The van der Waals surface area contributed by atoms with Crippen LogP contribution in [0.5, 0.6) is 0 Å². The fourth-order valence-electron chi connectivity index (χ4n) is 3.30. The molecule has 5 heteroatoms. The van der Waals surface area contributed by atoms with Crippen molar-refractivity contribution in [2.45, 2.75) is 38.3 Å². The zero-order valence-corrected chi connectivity index (χ0v) is 12.2. The first-order valence-corrected chi connectivity index (χ1v) is 7.49. The summed E-state index contributed by atoms with van der Waals surface area (Å²) in [7, 11) is 1.68. The maximum Gasteiger partial charge on any atom is 0.237 e. The fourth-order valence-corrected chi connectivity index (χ4v) is 3.30. The molecule has 1 N–H and O–H groups in total. The Kier molecular flexibility index (Phi) is 5.60. The number of likely N-dealkylation sites (tertiary alicyclic amines) is 1. The van der Waals surface area contributed by atoms with Crippen molar-refractivity contribution in [1.29, 1.82) is 0 Å². The molecule has 2 bridgehead atoms. The number of ether oxygens (including phenoxy) is 1. The van der Waals surface area contributed by atoms with Crippen molar-refractivity contribution in [3.8, 4) is 0 Å². The van der Waals surface area contributed by atoms with Gasteiger partial charge in [-0.2, -0.15) is 0 Å². The molecule has 0 radical (unpaired) electrons. The highest BCUT2D eigenvalue weighted by atomic mass is 16.5. The Morgan fingerprint density at radius 1 is 1.32 bits per heavy atom. The Morgan fingerprint density at radius 2 is 2.11 bits per heavy atom. The SMILES string of the molecule is CCN1CC[C@H]2CC[C@@H](C1)N2C(=O)CNCCOC. The number of likely N-dealkylation sites (N-methyl/N-ethyl adjacent to an activating group) is 1. The third kappa shape index (κ3) is 3.68. The van der Waals surface area contributed by atoms with Gasteiger partial charge in [0.05, 0.1) is 13.2 Å². The van der Waals surface area contributed by atoms with Gasteiger partial charge in [-0.1, -0.05) is 6.92 Å². The van der Waals surface area contributed by atoms with Crippen molar-refractivity contribution in [2.24, 2.45) is 0 Å². The van der Waals surface area contributed by atoms with Crippen LogP contribution in [-0.2, 0) is 9.53 Å². The number of nitrogens with zero attached hydrogens (tertiary/aromatic N) is 2. The number of amides is 1. The van der Waals surface area contributed by atoms with Crippen molar-refractivity contribution in [1.82, 2.24) is 15.1 Å². The van der Waals surface area contributed by atoms with Gasteiger partial charge < -0.3 is 19.9 Å². The van der Waals surface area contributed by atoms with Gasteiger partial charge in [-0.15, -0.1) is 0 Å². The number of fused-ring (bicyclic) bond motifs is 2. The second kappa shape index (κ2) is 7.22. The Labute approximate surface area is 116 Å². The molecule has 2 atom stereocenters. The molecule has 0 aliphatic carbocycles. The minimum absolute atomic E-state index is 0.265. The Bertz CT molecular complexity index is 298. The van der Waals surface area contributed by atoms with E-state index >= 15 is 0 Å². The molecule has 0 aromatic heterocycles. The van der Waals surface area contributed by atoms with Gasteiger partial charge in [0, 0.05) is 38.8 Å². The predicted octanol–water partition coefficient (Wildman–Crippen LogP) is 0.308. The molecule has 0 saturated carbocycles. The third-order valence-corrected chi connectivity index (χ3v) is 4.36. The van der Waals surface area contributed by atoms with Gasteiger partial charge >= 0.3 is 0 Å². The van der Waals surface area contributed by atoms with E-state index in [1.54, 1.807) is 7.11 Å². The Hall–Kier alpha value is -0.650. The molecule has 2 aliphatic rings. The van der Waals surface area contributed by atoms with Crippen molar-refractivity contribution in [3.63, 3.8) is 0 Å². The zero-order valence-electron chi connectivity index (χ0n) is 12.2. The van der Waals surface area contributed by atoms with E-state index < -0.39 is 0 Å². The van der Waals surface area contributed by atoms with Crippen molar-refractivity contribution in [2.75, 3.05) is 46.4 Å². The molecule has 1 amide bonds. The van der Waals surface area contributed by atoms with Gasteiger partial charge in [-0.3, -0.25) is 4.79 Å². The molecule has 0 aromatic carbocycles. The fraction of sp³-hybridized carbons (Fsp3) is 0.929. The third-order valence-electron chi connectivity index (χ3n) is 4.36. The smallest absolute Gasteiger partial charge is 0.237 e. The average Bonchev–Trinajstić information content (AvgIpc) is 2.70. The number of carbonyl (C=O) groups excluding carboxylic acids is 1. The van der Waals surface area contributed by atoms with E-state index in [4.69, 9.17) is 4.74 Å². The maximum atomic E-state index is 12.4. The standard InChI is InChI=1S/C14H27N3O2/c1-3-16-8-6-12-4-5-13(11-16)17(12)14(18)10-15-7-9-19-2/h12-13,15H,3-11H2,1-2H3/t12-,13+/m1/s1. The van der Waals surface area contributed by atoms with Gasteiger partial charge in [0.25, 0.3) is 0 Å². The summed E-state index contributed by atoms with van der Waals surface area (Å²) in [4.78, 5) is 17.0. The predicted molar refractivity (Wildman–Crippen MR) is 75.1 cm³/mol. The quantitative estimate of drug-likeness (QED) is 0.705. The van der Waals surface area contributed by atoms with Crippen LogP contribution in [0.25, 0.3) is 0 Å². The summed E-state index contributed by atoms with van der Waals surface area (Å²) >= 11 is 0. The molecule has 2 fully saturated rings. The minimum atomic E-state index is 0.265. The molecule has 0 aromatic rings. The number of rotatable bonds is 6. The first kappa shape index (κ1) is 14.8. The summed E-state index contributed by atoms with van der Waals surface area (Å²) in [6, 6.07) is 0.905. The van der Waals surface area contributed by atoms with Crippen LogP contribution in [0.1, 0.15) is 26.2 Å². The summed E-state index contributed by atoms with van der Waals surface area (Å²) in [5.74, 6) is 0.265. The second-order valence-corrected chi connectivity index (χ2v) is 5.54. The van der Waals surface area contributed by atoms with E-state index in [1.165, 1.54) is 12.8 Å². The molecular formula is C14H27N3O2. The molecule has 110 valence electrons. The number of carbonyl (C=O) groups is 1. The van der Waals surface area contributed by atoms with Crippen molar-refractivity contribution >= 4 is 5.91 Å². The van der Waals surface area contributed by atoms with E-state index in [1.807, 2.05) is 0 Å². The molecular weight excluding hydrogens is 242 g/mol. The maximum absolute atomic E-state index is 12.4. The minimum Gasteiger partial charge on any atom is -0.383 e. The van der Waals surface area contributed by atoms with Gasteiger partial charge in [0.15, 0.2) is 0 Å². The molecule has 0 spiro atoms. The number of hydrogen-bond donors (Lipinski definition) is 1. The number of nitrogens with one attached hydrogen (secondary N) is 1. The Morgan fingerprint density at radius 3 is 2.84 bits per heavy atom. The Balaban J connectivity index is 1.86. The van der Waals surface area contributed by atoms with E-state index in [0.29, 0.717) is 25.2 Å². The lowest BCUT2D eigenvalue weighted by Crippen LogP contribution is -2.47. The van der Waals surface area contributed by atoms with Gasteiger partial charge in [-0.25, -0.2) is 0 Å². The summed E-state index contributed by atoms with van der Waals surface area (Å²) in [5, 5.41) is 3.17. The highest BCUT2D eigenvalue weighted by Gasteiger charge is 2.39. The van der Waals surface area contributed by atoms with E-state index in [2.05, 4.69) is 22.0 Å². The highest BCUT2D eigenvalue weighted by molar-refractivity contribution is 5.79. The number of methoxy groups -OCH3 is 1. The van der Waals surface area contributed by atoms with Crippen LogP contribution in [0, 0.1) is 0 Å². The summed E-state index contributed by atoms with van der Waals surface area (Å²) in [5.41, 5.74) is 0. The lowest BCUT2D eigenvalue weighted by atomic mass is 10.1. The molecule has 2 heterocycles. The van der Waals surface area contributed by atoms with E-state index in [9.17, 15) is 4.79 Å². The lowest BCUT2D eigenvalue weighted by Gasteiger charge is -2.29. The first-order chi connectivity index (χ1) is 9.26. The molecule has 5 nitrogen and oxygen atoms in total. The highest BCUT2D eigenvalue weighted by Crippen LogP contribution is 2.30. The monoisotopic (exact) mass is 269 g/mol. The van der Waals surface area contributed by atoms with Crippen LogP contribution in [-0.4, -0.2) is 74.2 Å².